The van der Waals surface area contributed by atoms with Crippen LogP contribution in [0.3, 0.4) is 0 Å². The van der Waals surface area contributed by atoms with E-state index in [-0.39, 0.29) is 0 Å². The Labute approximate surface area is 104 Å². The maximum Gasteiger partial charge on any atom is 0.161 e. The molecule has 0 atom stereocenters. The topological polar surface area (TPSA) is 37.3 Å². The van der Waals surface area contributed by atoms with Crippen LogP contribution in [0.5, 0.6) is 0 Å². The van der Waals surface area contributed by atoms with Gasteiger partial charge in [-0.3, -0.25) is 9.98 Å². The summed E-state index contributed by atoms with van der Waals surface area (Å²) in [6, 6.07) is 10.2. The minimum atomic E-state index is 0.935. The number of hydrogen-bond donors (Lipinski definition) is 1. The van der Waals surface area contributed by atoms with E-state index < -0.39 is 0 Å². The second kappa shape index (κ2) is 4.75. The van der Waals surface area contributed by atoms with Gasteiger partial charge in [-0.2, -0.15) is 0 Å². The zero-order valence-electron chi connectivity index (χ0n) is 9.39. The third-order valence-corrected chi connectivity index (χ3v) is 3.65. The molecule has 1 aliphatic rings. The first-order valence-electron chi connectivity index (χ1n) is 5.71. The van der Waals surface area contributed by atoms with Crippen LogP contribution in [0.2, 0.25) is 0 Å². The number of nitrogens with one attached hydrogen (secondary N) is 1. The summed E-state index contributed by atoms with van der Waals surface area (Å²) in [5.74, 6) is 1.15. The molecule has 1 N–H and O–H groups in total. The van der Waals surface area contributed by atoms with Crippen LogP contribution in [-0.2, 0) is 0 Å². The fourth-order valence-electron chi connectivity index (χ4n) is 1.81. The monoisotopic (exact) mass is 243 g/mol. The maximum absolute atomic E-state index is 4.46. The van der Waals surface area contributed by atoms with E-state index in [1.807, 2.05) is 24.4 Å². The number of nitrogens with zero attached hydrogens (tertiary/aromatic N) is 2. The molecule has 0 unspecified atom stereocenters. The standard InChI is InChI=1S/C13H13N3S/c1-3-10-9-11(4-5-12(10)14-6-1)16-13-15-7-2-8-17-13/h1,3-6,9H,2,7-8H2,(H,15,16). The van der Waals surface area contributed by atoms with E-state index in [0.717, 1.165) is 34.1 Å². The minimum absolute atomic E-state index is 0.935. The zero-order valence-corrected chi connectivity index (χ0v) is 10.2. The zero-order chi connectivity index (χ0) is 11.5. The Morgan fingerprint density at radius 2 is 2.24 bits per heavy atom. The first-order chi connectivity index (χ1) is 8.42. The number of aliphatic imine (C=N–C) groups is 1. The molecular weight excluding hydrogens is 230 g/mol. The molecular formula is C13H13N3S. The molecule has 0 saturated heterocycles. The molecule has 17 heavy (non-hydrogen) atoms. The van der Waals surface area contributed by atoms with E-state index in [9.17, 15) is 0 Å². The lowest BCUT2D eigenvalue weighted by atomic mass is 10.2. The minimum Gasteiger partial charge on any atom is -0.335 e. The normalized spacial score (nSPS) is 15.6. The van der Waals surface area contributed by atoms with Crippen LogP contribution in [0.1, 0.15) is 6.42 Å². The van der Waals surface area contributed by atoms with Gasteiger partial charge in [0.15, 0.2) is 5.17 Å². The van der Waals surface area contributed by atoms with E-state index in [1.54, 1.807) is 11.8 Å². The van der Waals surface area contributed by atoms with E-state index in [0.29, 0.717) is 0 Å². The first kappa shape index (κ1) is 10.6. The number of pyridine rings is 1. The first-order valence-corrected chi connectivity index (χ1v) is 6.69. The number of thioether (sulfide) groups is 1. The van der Waals surface area contributed by atoms with Crippen molar-refractivity contribution in [3.63, 3.8) is 0 Å². The molecule has 0 aliphatic carbocycles. The Bertz CT molecular complexity index is 565. The fourth-order valence-corrected chi connectivity index (χ4v) is 2.65. The van der Waals surface area contributed by atoms with Gasteiger partial charge in [0.1, 0.15) is 0 Å². The van der Waals surface area contributed by atoms with Gasteiger partial charge in [0.05, 0.1) is 5.52 Å². The number of benzene rings is 1. The van der Waals surface area contributed by atoms with Crippen LogP contribution in [0.15, 0.2) is 41.5 Å². The van der Waals surface area contributed by atoms with Crippen LogP contribution in [0.4, 0.5) is 5.69 Å². The van der Waals surface area contributed by atoms with Crippen LogP contribution in [-0.4, -0.2) is 22.4 Å². The van der Waals surface area contributed by atoms with Crippen LogP contribution in [0, 0.1) is 0 Å². The number of rotatable bonds is 1. The molecule has 3 nitrogen and oxygen atoms in total. The van der Waals surface area contributed by atoms with Crippen molar-refractivity contribution in [3.8, 4) is 0 Å². The van der Waals surface area contributed by atoms with Gasteiger partial charge in [0.2, 0.25) is 0 Å². The van der Waals surface area contributed by atoms with Gasteiger partial charge in [0, 0.05) is 29.6 Å². The lowest BCUT2D eigenvalue weighted by molar-refractivity contribution is 0.938. The summed E-state index contributed by atoms with van der Waals surface area (Å²) in [4.78, 5) is 8.76. The molecule has 0 saturated carbocycles. The molecule has 1 aliphatic heterocycles. The average molecular weight is 243 g/mol. The van der Waals surface area contributed by atoms with Gasteiger partial charge in [-0.15, -0.1) is 0 Å². The smallest absolute Gasteiger partial charge is 0.161 e. The van der Waals surface area contributed by atoms with Gasteiger partial charge in [-0.25, -0.2) is 0 Å². The summed E-state index contributed by atoms with van der Waals surface area (Å²) < 4.78 is 0. The Balaban J connectivity index is 1.87. The van der Waals surface area contributed by atoms with E-state index in [1.165, 1.54) is 6.42 Å². The van der Waals surface area contributed by atoms with Crippen molar-refractivity contribution in [2.75, 3.05) is 17.6 Å². The van der Waals surface area contributed by atoms with Crippen LogP contribution >= 0.6 is 11.8 Å². The van der Waals surface area contributed by atoms with E-state index >= 15 is 0 Å². The largest absolute Gasteiger partial charge is 0.335 e. The molecule has 0 spiro atoms. The SMILES string of the molecule is c1cnc2ccc(NC3=NCCCS3)cc2c1. The van der Waals surface area contributed by atoms with Gasteiger partial charge in [0.25, 0.3) is 0 Å². The molecule has 3 rings (SSSR count). The molecule has 1 aromatic carbocycles. The van der Waals surface area contributed by atoms with Gasteiger partial charge in [-0.1, -0.05) is 17.8 Å². The highest BCUT2D eigenvalue weighted by atomic mass is 32.2. The predicted molar refractivity (Wildman–Crippen MR) is 74.7 cm³/mol. The predicted octanol–water partition coefficient (Wildman–Crippen LogP) is 3.14. The molecule has 4 heteroatoms. The second-order valence-corrected chi connectivity index (χ2v) is 5.01. The summed E-state index contributed by atoms with van der Waals surface area (Å²) in [6.07, 6.45) is 2.99. The molecule has 0 amide bonds. The highest BCUT2D eigenvalue weighted by Gasteiger charge is 2.06. The number of aromatic nitrogens is 1. The van der Waals surface area contributed by atoms with Crippen molar-refractivity contribution < 1.29 is 0 Å². The van der Waals surface area contributed by atoms with Gasteiger partial charge in [-0.05, 0) is 30.7 Å². The summed E-state index contributed by atoms with van der Waals surface area (Å²) in [5, 5.41) is 5.54. The molecule has 0 radical (unpaired) electrons. The Hall–Kier alpha value is -1.55. The lowest BCUT2D eigenvalue weighted by Crippen LogP contribution is -2.13. The fraction of sp³-hybridized carbons (Fsp3) is 0.231. The lowest BCUT2D eigenvalue weighted by Gasteiger charge is -2.13. The van der Waals surface area contributed by atoms with Crippen LogP contribution in [0.25, 0.3) is 10.9 Å². The summed E-state index contributed by atoms with van der Waals surface area (Å²) in [7, 11) is 0. The van der Waals surface area contributed by atoms with E-state index in [2.05, 4.69) is 27.4 Å². The summed E-state index contributed by atoms with van der Waals surface area (Å²) in [6.45, 7) is 0.935. The maximum atomic E-state index is 4.46. The van der Waals surface area contributed by atoms with Crippen LogP contribution < -0.4 is 5.32 Å². The highest BCUT2D eigenvalue weighted by Crippen LogP contribution is 2.20. The average Bonchev–Trinajstić information content (AvgIpc) is 2.40. The Morgan fingerprint density at radius 3 is 3.12 bits per heavy atom. The molecule has 1 aromatic heterocycles. The van der Waals surface area contributed by atoms with Gasteiger partial charge >= 0.3 is 0 Å². The molecule has 0 fully saturated rings. The quantitative estimate of drug-likeness (QED) is 0.836. The Morgan fingerprint density at radius 1 is 1.24 bits per heavy atom. The van der Waals surface area contributed by atoms with Crippen molar-refractivity contribution in [1.29, 1.82) is 0 Å². The third-order valence-electron chi connectivity index (χ3n) is 2.65. The molecule has 0 bridgehead atoms. The summed E-state index contributed by atoms with van der Waals surface area (Å²) in [5.41, 5.74) is 2.11. The van der Waals surface area contributed by atoms with E-state index in [4.69, 9.17) is 0 Å². The second-order valence-electron chi connectivity index (χ2n) is 3.92. The number of hydrogen-bond acceptors (Lipinski definition) is 4. The van der Waals surface area contributed by atoms with Crippen molar-refractivity contribution in [3.05, 3.63) is 36.5 Å². The van der Waals surface area contributed by atoms with Crippen molar-refractivity contribution in [2.24, 2.45) is 4.99 Å². The summed E-state index contributed by atoms with van der Waals surface area (Å²) >= 11 is 1.79. The molecule has 2 aromatic rings. The Kier molecular flexibility index (Phi) is 2.96. The van der Waals surface area contributed by atoms with Crippen molar-refractivity contribution >= 4 is 33.5 Å². The highest BCUT2D eigenvalue weighted by molar-refractivity contribution is 8.14. The van der Waals surface area contributed by atoms with Crippen molar-refractivity contribution in [2.45, 2.75) is 6.42 Å². The number of amidine groups is 1. The third kappa shape index (κ3) is 2.42. The van der Waals surface area contributed by atoms with Gasteiger partial charge < -0.3 is 5.32 Å². The number of fused-ring (bicyclic) bond motifs is 1. The number of anilines is 1. The molecule has 86 valence electrons. The molecule has 2 heterocycles. The van der Waals surface area contributed by atoms with Crippen molar-refractivity contribution in [1.82, 2.24) is 4.98 Å².